The van der Waals surface area contributed by atoms with Crippen LogP contribution in [-0.4, -0.2) is 17.2 Å². The van der Waals surface area contributed by atoms with Crippen molar-refractivity contribution < 1.29 is 0 Å². The van der Waals surface area contributed by atoms with Crippen molar-refractivity contribution in [3.63, 3.8) is 0 Å². The molecule has 2 atom stereocenters. The Labute approximate surface area is 41.2 Å². The van der Waals surface area contributed by atoms with E-state index in [-0.39, 0.29) is 5.66 Å². The van der Waals surface area contributed by atoms with E-state index in [1.54, 1.807) is 0 Å². The fraction of sp³-hybridized carbons (Fsp3) is 1.00. The van der Waals surface area contributed by atoms with Gasteiger partial charge in [0.2, 0.25) is 0 Å². The Morgan fingerprint density at radius 1 is 1.86 bits per heavy atom. The number of hydrazine groups is 1. The lowest BCUT2D eigenvalue weighted by Gasteiger charge is -1.88. The minimum Gasteiger partial charge on any atom is -0.219 e. The average Bonchev–Trinajstić information content (AvgIpc) is 2.09. The molecule has 1 fully saturated rings. The van der Waals surface area contributed by atoms with Crippen molar-refractivity contribution in [1.82, 2.24) is 10.5 Å². The Bertz CT molecular complexity index is 131. The molecule has 0 amide bonds. The highest BCUT2D eigenvalue weighted by Crippen LogP contribution is 2.33. The zero-order valence-corrected chi connectivity index (χ0v) is 4.05. The fourth-order valence-electron chi connectivity index (χ4n) is 0.677. The van der Waals surface area contributed by atoms with Crippen molar-refractivity contribution in [1.29, 1.82) is 0 Å². The highest BCUT2D eigenvalue weighted by molar-refractivity contribution is 4.99. The molecule has 0 bridgehead atoms. The monoisotopic (exact) mass is 98.1 g/mol. The summed E-state index contributed by atoms with van der Waals surface area (Å²) in [5.41, 5.74) is 2.77. The van der Waals surface area contributed by atoms with Crippen LogP contribution in [0.1, 0.15) is 6.92 Å². The summed E-state index contributed by atoms with van der Waals surface area (Å²) in [6, 6.07) is 0. The molecule has 2 unspecified atom stereocenters. The summed E-state index contributed by atoms with van der Waals surface area (Å²) in [4.78, 5) is 0. The minimum absolute atomic E-state index is 0.0417. The van der Waals surface area contributed by atoms with Crippen LogP contribution >= 0.6 is 0 Å². The molecule has 38 valence electrons. The summed E-state index contributed by atoms with van der Waals surface area (Å²) < 4.78 is 0. The third-order valence-corrected chi connectivity index (χ3v) is 1.37. The predicted molar refractivity (Wildman–Crippen MR) is 23.1 cm³/mol. The SMILES string of the molecule is CC12CN1NN=N2. The Hall–Kier alpha value is -0.640. The summed E-state index contributed by atoms with van der Waals surface area (Å²) in [6.07, 6.45) is 0. The van der Waals surface area contributed by atoms with E-state index < -0.39 is 0 Å². The molecule has 0 spiro atoms. The molecule has 0 radical (unpaired) electrons. The van der Waals surface area contributed by atoms with Crippen LogP contribution in [0.15, 0.2) is 10.3 Å². The van der Waals surface area contributed by atoms with Gasteiger partial charge >= 0.3 is 0 Å². The first-order chi connectivity index (χ1) is 3.31. The van der Waals surface area contributed by atoms with Gasteiger partial charge in [0.1, 0.15) is 0 Å². The van der Waals surface area contributed by atoms with E-state index >= 15 is 0 Å². The van der Waals surface area contributed by atoms with Gasteiger partial charge in [0.05, 0.1) is 6.54 Å². The fourth-order valence-corrected chi connectivity index (χ4v) is 0.677. The lowest BCUT2D eigenvalue weighted by atomic mass is 10.4. The van der Waals surface area contributed by atoms with E-state index in [0.29, 0.717) is 0 Å². The van der Waals surface area contributed by atoms with Crippen LogP contribution < -0.4 is 5.53 Å². The molecule has 4 nitrogen and oxygen atoms in total. The molecule has 0 aromatic rings. The first-order valence-electron chi connectivity index (χ1n) is 2.26. The van der Waals surface area contributed by atoms with Gasteiger partial charge in [0.25, 0.3) is 0 Å². The van der Waals surface area contributed by atoms with Gasteiger partial charge < -0.3 is 0 Å². The zero-order chi connectivity index (χ0) is 4.91. The van der Waals surface area contributed by atoms with Crippen LogP contribution in [0.2, 0.25) is 0 Å². The van der Waals surface area contributed by atoms with Crippen LogP contribution in [0, 0.1) is 0 Å². The third-order valence-electron chi connectivity index (χ3n) is 1.37. The largest absolute Gasteiger partial charge is 0.219 e. The maximum Gasteiger partial charge on any atom is 0.166 e. The van der Waals surface area contributed by atoms with Crippen molar-refractivity contribution in [3.05, 3.63) is 0 Å². The minimum atomic E-state index is 0.0417. The summed E-state index contributed by atoms with van der Waals surface area (Å²) in [7, 11) is 0. The van der Waals surface area contributed by atoms with Crippen molar-refractivity contribution in [3.8, 4) is 0 Å². The van der Waals surface area contributed by atoms with Gasteiger partial charge in [-0.05, 0) is 6.92 Å². The van der Waals surface area contributed by atoms with Gasteiger partial charge in [0.15, 0.2) is 5.66 Å². The second kappa shape index (κ2) is 0.667. The summed E-state index contributed by atoms with van der Waals surface area (Å²) in [5.74, 6) is 0. The average molecular weight is 98.1 g/mol. The normalized spacial score (nSPS) is 53.6. The number of rotatable bonds is 0. The Kier molecular flexibility index (Phi) is 0.321. The molecule has 2 heterocycles. The molecular formula is C3H6N4. The quantitative estimate of drug-likeness (QED) is 0.430. The lowest BCUT2D eigenvalue weighted by molar-refractivity contribution is 0.393. The zero-order valence-electron chi connectivity index (χ0n) is 4.05. The molecule has 4 heteroatoms. The molecule has 0 aromatic carbocycles. The molecule has 2 rings (SSSR count). The van der Waals surface area contributed by atoms with Crippen LogP contribution in [-0.2, 0) is 0 Å². The van der Waals surface area contributed by atoms with E-state index in [9.17, 15) is 0 Å². The summed E-state index contributed by atoms with van der Waals surface area (Å²) >= 11 is 0. The third kappa shape index (κ3) is 0.256. The molecule has 1 N–H and O–H groups in total. The topological polar surface area (TPSA) is 39.8 Å². The van der Waals surface area contributed by atoms with Crippen molar-refractivity contribution in [2.24, 2.45) is 10.3 Å². The van der Waals surface area contributed by atoms with Gasteiger partial charge in [-0.1, -0.05) is 5.22 Å². The van der Waals surface area contributed by atoms with E-state index in [4.69, 9.17) is 0 Å². The first-order valence-corrected chi connectivity index (χ1v) is 2.26. The Morgan fingerprint density at radius 2 is 2.71 bits per heavy atom. The number of hydrogen-bond acceptors (Lipinski definition) is 4. The molecule has 7 heavy (non-hydrogen) atoms. The second-order valence-electron chi connectivity index (χ2n) is 2.10. The maximum absolute atomic E-state index is 3.88. The van der Waals surface area contributed by atoms with Crippen LogP contribution in [0.5, 0.6) is 0 Å². The van der Waals surface area contributed by atoms with Crippen LogP contribution in [0.4, 0.5) is 0 Å². The van der Waals surface area contributed by atoms with Crippen molar-refractivity contribution in [2.45, 2.75) is 12.6 Å². The lowest BCUT2D eigenvalue weighted by Crippen LogP contribution is -2.13. The van der Waals surface area contributed by atoms with E-state index in [0.717, 1.165) is 6.54 Å². The van der Waals surface area contributed by atoms with Crippen molar-refractivity contribution in [2.75, 3.05) is 6.54 Å². The van der Waals surface area contributed by atoms with Crippen LogP contribution in [0.3, 0.4) is 0 Å². The second-order valence-corrected chi connectivity index (χ2v) is 2.10. The van der Waals surface area contributed by atoms with Crippen LogP contribution in [0.25, 0.3) is 0 Å². The van der Waals surface area contributed by atoms with Gasteiger partial charge in [-0.2, -0.15) is 5.01 Å². The van der Waals surface area contributed by atoms with Gasteiger partial charge in [-0.15, -0.1) is 5.11 Å². The van der Waals surface area contributed by atoms with E-state index in [1.807, 2.05) is 11.9 Å². The standard InChI is InChI=1S/C3H6N4/c1-3-2-7(3)6-5-4-3/h2H2,1H3,(H,4,6). The number of hydrogen-bond donors (Lipinski definition) is 1. The van der Waals surface area contributed by atoms with Gasteiger partial charge in [0, 0.05) is 0 Å². The number of nitrogens with zero attached hydrogens (tertiary/aromatic N) is 3. The van der Waals surface area contributed by atoms with Crippen molar-refractivity contribution >= 4 is 0 Å². The number of fused-ring (bicyclic) bond motifs is 1. The molecule has 2 aliphatic heterocycles. The number of nitrogens with one attached hydrogen (secondary N) is 1. The molecular weight excluding hydrogens is 92.1 g/mol. The Balaban J connectivity index is 2.32. The molecule has 0 aliphatic carbocycles. The Morgan fingerprint density at radius 3 is 2.86 bits per heavy atom. The van der Waals surface area contributed by atoms with Gasteiger partial charge in [-0.3, -0.25) is 0 Å². The summed E-state index contributed by atoms with van der Waals surface area (Å²) in [6.45, 7) is 3.05. The predicted octanol–water partition coefficient (Wildman–Crippen LogP) is -0.0964. The smallest absolute Gasteiger partial charge is 0.166 e. The molecule has 0 saturated carbocycles. The molecule has 0 aromatic heterocycles. The maximum atomic E-state index is 3.88. The molecule has 1 saturated heterocycles. The molecule has 2 aliphatic rings. The first kappa shape index (κ1) is 3.37. The van der Waals surface area contributed by atoms with Gasteiger partial charge in [-0.25, -0.2) is 5.53 Å². The highest BCUT2D eigenvalue weighted by atomic mass is 15.9. The van der Waals surface area contributed by atoms with E-state index in [1.165, 1.54) is 0 Å². The van der Waals surface area contributed by atoms with E-state index in [2.05, 4.69) is 15.9 Å². The summed E-state index contributed by atoms with van der Waals surface area (Å²) in [5, 5.41) is 9.43. The highest BCUT2D eigenvalue weighted by Gasteiger charge is 2.52.